The average molecular weight is 407 g/mol. The fourth-order valence-electron chi connectivity index (χ4n) is 3.62. The first kappa shape index (κ1) is 19.6. The summed E-state index contributed by atoms with van der Waals surface area (Å²) in [7, 11) is -2.38. The fraction of sp³-hybridized carbons (Fsp3) is 0.273. The molecule has 1 saturated heterocycles. The minimum Gasteiger partial charge on any atom is -0.355 e. The summed E-state index contributed by atoms with van der Waals surface area (Å²) in [5, 5.41) is 10.9. The van der Waals surface area contributed by atoms with Crippen LogP contribution >= 0.6 is 7.14 Å². The van der Waals surface area contributed by atoms with Crippen LogP contribution < -0.4 is 21.3 Å². The maximum Gasteiger partial charge on any atom is 0.133 e. The first-order valence-electron chi connectivity index (χ1n) is 9.80. The monoisotopic (exact) mass is 407 g/mol. The van der Waals surface area contributed by atoms with Crippen molar-refractivity contribution in [1.29, 1.82) is 0 Å². The first-order chi connectivity index (χ1) is 14.0. The fourth-order valence-corrected chi connectivity index (χ4v) is 4.78. The SMILES string of the molecule is CP(C)(=O)c1ccccc1Nc1ccnc(Nc2cc(C3CCNC3)ccn2)c1. The minimum atomic E-state index is -2.38. The van der Waals surface area contributed by atoms with E-state index in [4.69, 9.17) is 0 Å². The predicted molar refractivity (Wildman–Crippen MR) is 121 cm³/mol. The summed E-state index contributed by atoms with van der Waals surface area (Å²) < 4.78 is 12.6. The van der Waals surface area contributed by atoms with E-state index in [9.17, 15) is 4.57 Å². The Balaban J connectivity index is 1.53. The van der Waals surface area contributed by atoms with Crippen LogP contribution in [0.25, 0.3) is 0 Å². The third kappa shape index (κ3) is 4.84. The molecule has 4 rings (SSSR count). The Morgan fingerprint density at radius 3 is 2.52 bits per heavy atom. The normalized spacial score (nSPS) is 16.6. The first-order valence-corrected chi connectivity index (χ1v) is 12.4. The van der Waals surface area contributed by atoms with Crippen LogP contribution in [0.3, 0.4) is 0 Å². The largest absolute Gasteiger partial charge is 0.355 e. The third-order valence-corrected chi connectivity index (χ3v) is 6.65. The van der Waals surface area contributed by atoms with Gasteiger partial charge in [-0.05, 0) is 68.1 Å². The van der Waals surface area contributed by atoms with E-state index in [2.05, 4.69) is 38.1 Å². The molecule has 1 aromatic carbocycles. The van der Waals surface area contributed by atoms with Crippen molar-refractivity contribution in [1.82, 2.24) is 15.3 Å². The number of nitrogens with one attached hydrogen (secondary N) is 3. The van der Waals surface area contributed by atoms with Gasteiger partial charge in [0.15, 0.2) is 0 Å². The molecule has 29 heavy (non-hydrogen) atoms. The van der Waals surface area contributed by atoms with Gasteiger partial charge in [0.05, 0.1) is 0 Å². The molecule has 1 atom stereocenters. The maximum atomic E-state index is 12.6. The van der Waals surface area contributed by atoms with E-state index in [0.29, 0.717) is 11.7 Å². The molecule has 1 fully saturated rings. The van der Waals surface area contributed by atoms with Gasteiger partial charge in [0.2, 0.25) is 0 Å². The zero-order valence-electron chi connectivity index (χ0n) is 16.7. The summed E-state index contributed by atoms with van der Waals surface area (Å²) in [4.78, 5) is 8.85. The molecule has 6 nitrogen and oxygen atoms in total. The Morgan fingerprint density at radius 1 is 1.00 bits per heavy atom. The number of anilines is 4. The molecule has 3 N–H and O–H groups in total. The number of para-hydroxylation sites is 1. The lowest BCUT2D eigenvalue weighted by Crippen LogP contribution is -2.09. The van der Waals surface area contributed by atoms with Crippen molar-refractivity contribution in [3.05, 3.63) is 66.5 Å². The van der Waals surface area contributed by atoms with Gasteiger partial charge in [0.1, 0.15) is 18.8 Å². The summed E-state index contributed by atoms with van der Waals surface area (Å²) in [6.07, 6.45) is 4.74. The molecule has 0 amide bonds. The number of hydrogen-bond acceptors (Lipinski definition) is 6. The smallest absolute Gasteiger partial charge is 0.133 e. The van der Waals surface area contributed by atoms with Gasteiger partial charge in [0.25, 0.3) is 0 Å². The number of benzene rings is 1. The van der Waals surface area contributed by atoms with Crippen LogP contribution in [-0.2, 0) is 4.57 Å². The highest BCUT2D eigenvalue weighted by atomic mass is 31.2. The molecule has 2 aromatic heterocycles. The van der Waals surface area contributed by atoms with Crippen molar-refractivity contribution in [2.75, 3.05) is 37.1 Å². The lowest BCUT2D eigenvalue weighted by atomic mass is 10.00. The molecule has 0 spiro atoms. The summed E-state index contributed by atoms with van der Waals surface area (Å²) >= 11 is 0. The number of hydrogen-bond donors (Lipinski definition) is 3. The quantitative estimate of drug-likeness (QED) is 0.529. The van der Waals surface area contributed by atoms with Gasteiger partial charge in [-0.3, -0.25) is 0 Å². The number of rotatable bonds is 6. The van der Waals surface area contributed by atoms with Gasteiger partial charge in [-0.2, -0.15) is 0 Å². The van der Waals surface area contributed by atoms with Crippen molar-refractivity contribution in [3.8, 4) is 0 Å². The molecule has 0 aliphatic carbocycles. The highest BCUT2D eigenvalue weighted by Crippen LogP contribution is 2.38. The van der Waals surface area contributed by atoms with Gasteiger partial charge in [-0.25, -0.2) is 9.97 Å². The third-order valence-electron chi connectivity index (χ3n) is 5.09. The van der Waals surface area contributed by atoms with E-state index in [1.54, 1.807) is 19.5 Å². The van der Waals surface area contributed by atoms with Gasteiger partial charge >= 0.3 is 0 Å². The van der Waals surface area contributed by atoms with Crippen LogP contribution in [0.2, 0.25) is 0 Å². The second-order valence-electron chi connectivity index (χ2n) is 7.71. The number of aromatic nitrogens is 2. The molecule has 3 heterocycles. The maximum absolute atomic E-state index is 12.6. The van der Waals surface area contributed by atoms with E-state index >= 15 is 0 Å². The molecule has 150 valence electrons. The molecule has 0 saturated carbocycles. The Kier molecular flexibility index (Phi) is 5.65. The summed E-state index contributed by atoms with van der Waals surface area (Å²) in [5.41, 5.74) is 3.02. The number of nitrogens with zero attached hydrogens (tertiary/aromatic N) is 2. The Morgan fingerprint density at radius 2 is 1.76 bits per heavy atom. The minimum absolute atomic E-state index is 0.537. The van der Waals surface area contributed by atoms with E-state index in [0.717, 1.165) is 42.0 Å². The molecule has 0 radical (unpaired) electrons. The van der Waals surface area contributed by atoms with E-state index < -0.39 is 7.14 Å². The molecular weight excluding hydrogens is 381 g/mol. The van der Waals surface area contributed by atoms with Crippen molar-refractivity contribution in [2.45, 2.75) is 12.3 Å². The van der Waals surface area contributed by atoms with Crippen LogP contribution in [0.4, 0.5) is 23.0 Å². The molecule has 1 aliphatic heterocycles. The van der Waals surface area contributed by atoms with Gasteiger partial charge in [-0.1, -0.05) is 12.1 Å². The molecule has 0 bridgehead atoms. The van der Waals surface area contributed by atoms with Gasteiger partial charge in [-0.15, -0.1) is 0 Å². The average Bonchev–Trinajstić information content (AvgIpc) is 3.23. The molecule has 1 unspecified atom stereocenters. The second kappa shape index (κ2) is 8.36. The van der Waals surface area contributed by atoms with E-state index in [-0.39, 0.29) is 0 Å². The highest BCUT2D eigenvalue weighted by Gasteiger charge is 2.17. The molecule has 3 aromatic rings. The van der Waals surface area contributed by atoms with Crippen LogP contribution in [0, 0.1) is 0 Å². The summed E-state index contributed by atoms with van der Waals surface area (Å²) in [6.45, 7) is 5.64. The lowest BCUT2D eigenvalue weighted by Gasteiger charge is -2.16. The van der Waals surface area contributed by atoms with Crippen molar-refractivity contribution in [2.24, 2.45) is 0 Å². The van der Waals surface area contributed by atoms with E-state index in [1.165, 1.54) is 5.56 Å². The zero-order chi connectivity index (χ0) is 20.3. The Labute approximate surface area is 171 Å². The highest BCUT2D eigenvalue weighted by molar-refractivity contribution is 7.70. The summed E-state index contributed by atoms with van der Waals surface area (Å²) in [6, 6.07) is 15.7. The molecular formula is C22H26N5OP. The van der Waals surface area contributed by atoms with Crippen LogP contribution in [0.1, 0.15) is 17.9 Å². The van der Waals surface area contributed by atoms with Crippen LogP contribution in [0.15, 0.2) is 60.9 Å². The van der Waals surface area contributed by atoms with Crippen LogP contribution in [0.5, 0.6) is 0 Å². The predicted octanol–water partition coefficient (Wildman–Crippen LogP) is 4.29. The van der Waals surface area contributed by atoms with Gasteiger partial charge < -0.3 is 20.5 Å². The van der Waals surface area contributed by atoms with E-state index in [1.807, 2.05) is 42.6 Å². The standard InChI is InChI=1S/C22H26N5OP/c1-29(2,28)20-6-4-3-5-19(20)26-18-9-12-25-22(14-18)27-21-13-16(8-11-24-21)17-7-10-23-15-17/h3-6,8-9,11-14,17,23H,7,10,15H2,1-2H3,(H2,24,25,26,27). The van der Waals surface area contributed by atoms with Crippen molar-refractivity contribution >= 4 is 35.5 Å². The van der Waals surface area contributed by atoms with Crippen LogP contribution in [-0.4, -0.2) is 36.4 Å². The van der Waals surface area contributed by atoms with Crippen molar-refractivity contribution in [3.63, 3.8) is 0 Å². The molecule has 7 heteroatoms. The topological polar surface area (TPSA) is 78.9 Å². The van der Waals surface area contributed by atoms with Gasteiger partial charge in [0, 0.05) is 41.7 Å². The summed E-state index contributed by atoms with van der Waals surface area (Å²) in [5.74, 6) is 2.03. The Bertz CT molecular complexity index is 1040. The Hall–Kier alpha value is -2.69. The number of pyridine rings is 2. The zero-order valence-corrected chi connectivity index (χ0v) is 17.6. The molecule has 1 aliphatic rings. The second-order valence-corrected chi connectivity index (χ2v) is 10.9. The van der Waals surface area contributed by atoms with Crippen molar-refractivity contribution < 1.29 is 4.57 Å². The lowest BCUT2D eigenvalue weighted by molar-refractivity contribution is 0.588.